The van der Waals surface area contributed by atoms with Crippen molar-refractivity contribution in [3.05, 3.63) is 93.5 Å². The molecule has 0 unspecified atom stereocenters. The molecule has 0 bridgehead atoms. The third-order valence-corrected chi connectivity index (χ3v) is 6.51. The first-order valence-corrected chi connectivity index (χ1v) is 13.8. The number of benzene rings is 3. The molecule has 0 spiro atoms. The molecule has 0 aliphatic heterocycles. The van der Waals surface area contributed by atoms with Gasteiger partial charge in [0.05, 0.1) is 33.5 Å². The van der Waals surface area contributed by atoms with E-state index in [1.807, 2.05) is 50.2 Å². The molecule has 0 aliphatic rings. The van der Waals surface area contributed by atoms with Crippen molar-refractivity contribution in [1.29, 1.82) is 0 Å². The van der Waals surface area contributed by atoms with E-state index >= 15 is 0 Å². The molecule has 5 N–H and O–H groups in total. The lowest BCUT2D eigenvalue weighted by Gasteiger charge is -2.15. The Bertz CT molecular complexity index is 1290. The molecule has 0 saturated heterocycles. The van der Waals surface area contributed by atoms with Gasteiger partial charge in [-0.25, -0.2) is 4.79 Å². The van der Waals surface area contributed by atoms with Crippen LogP contribution in [-0.4, -0.2) is 43.8 Å². The van der Waals surface area contributed by atoms with Gasteiger partial charge in [-0.05, 0) is 49.6 Å². The Kier molecular flexibility index (Phi) is 14.7. The van der Waals surface area contributed by atoms with Crippen LogP contribution in [0.15, 0.2) is 66.7 Å². The lowest BCUT2D eigenvalue weighted by molar-refractivity contribution is -0.126. The number of halogens is 2. The number of hydrogen-bond acceptors (Lipinski definition) is 7. The summed E-state index contributed by atoms with van der Waals surface area (Å²) in [4.78, 5) is 34.6. The Labute approximate surface area is 250 Å². The van der Waals surface area contributed by atoms with Crippen LogP contribution in [0.4, 0.5) is 11.4 Å². The van der Waals surface area contributed by atoms with E-state index in [0.29, 0.717) is 46.6 Å². The molecule has 0 heterocycles. The predicted molar refractivity (Wildman–Crippen MR) is 162 cm³/mol. The van der Waals surface area contributed by atoms with Crippen molar-refractivity contribution in [2.24, 2.45) is 5.73 Å². The second-order valence-electron chi connectivity index (χ2n) is 8.79. The standard InChI is InChI=1S/C17H17Cl2NO3.C13H19N3O2/c1-3-22-10-23-17(21)12-6-4-5-7-14(12)20-16-13(18)9-8-11(2)15(16)19;1-2-11(13(14)18)16-12(17)9-15-8-10-6-4-3-5-7-10/h4-9,20H,3,10H2,1-2H3;3-7,11,15H,2,8-9H2,1H3,(H2,14,18)(H,16,17)/t;11-/m.0/s1. The second kappa shape index (κ2) is 17.9. The summed E-state index contributed by atoms with van der Waals surface area (Å²) in [5.74, 6) is -1.22. The minimum Gasteiger partial charge on any atom is -0.435 e. The van der Waals surface area contributed by atoms with E-state index < -0.39 is 17.9 Å². The summed E-state index contributed by atoms with van der Waals surface area (Å²) < 4.78 is 10.1. The van der Waals surface area contributed by atoms with Crippen LogP contribution in [0.2, 0.25) is 10.0 Å². The highest BCUT2D eigenvalue weighted by Gasteiger charge is 2.16. The van der Waals surface area contributed by atoms with Gasteiger partial charge in [-0.1, -0.05) is 78.7 Å². The summed E-state index contributed by atoms with van der Waals surface area (Å²) in [6, 6.07) is 19.7. The number of carbonyl (C=O) groups is 3. The van der Waals surface area contributed by atoms with Crippen molar-refractivity contribution in [3.8, 4) is 0 Å². The molecule has 1 atom stereocenters. The maximum atomic E-state index is 12.2. The van der Waals surface area contributed by atoms with E-state index in [4.69, 9.17) is 38.4 Å². The number of anilines is 2. The molecule has 0 radical (unpaired) electrons. The number of esters is 1. The molecule has 9 nitrogen and oxygen atoms in total. The van der Waals surface area contributed by atoms with Crippen molar-refractivity contribution >= 4 is 52.4 Å². The largest absolute Gasteiger partial charge is 0.435 e. The van der Waals surface area contributed by atoms with E-state index in [2.05, 4.69) is 16.0 Å². The SMILES string of the molecule is CCOCOC(=O)c1ccccc1Nc1c(Cl)ccc(C)c1Cl.CC[C@H](NC(=O)CNCc1ccccc1)C(N)=O. The lowest BCUT2D eigenvalue weighted by Crippen LogP contribution is -2.46. The van der Waals surface area contributed by atoms with Crippen molar-refractivity contribution in [2.75, 3.05) is 25.3 Å². The zero-order valence-corrected chi connectivity index (χ0v) is 24.9. The maximum absolute atomic E-state index is 12.2. The first-order chi connectivity index (χ1) is 19.7. The summed E-state index contributed by atoms with van der Waals surface area (Å²) in [7, 11) is 0. The number of nitrogens with two attached hydrogens (primary N) is 1. The fourth-order valence-corrected chi connectivity index (χ4v) is 3.93. The molecule has 220 valence electrons. The molecule has 0 fully saturated rings. The number of para-hydroxylation sites is 1. The number of nitrogens with one attached hydrogen (secondary N) is 3. The first kappa shape index (κ1) is 33.6. The first-order valence-electron chi connectivity index (χ1n) is 13.1. The van der Waals surface area contributed by atoms with Gasteiger partial charge in [-0.2, -0.15) is 0 Å². The molecule has 2 amide bonds. The van der Waals surface area contributed by atoms with Gasteiger partial charge < -0.3 is 31.2 Å². The van der Waals surface area contributed by atoms with Crippen LogP contribution in [0.25, 0.3) is 0 Å². The van der Waals surface area contributed by atoms with Crippen LogP contribution in [-0.2, 0) is 25.6 Å². The van der Waals surface area contributed by atoms with Gasteiger partial charge in [0.1, 0.15) is 6.04 Å². The molecule has 41 heavy (non-hydrogen) atoms. The Morgan fingerprint density at radius 2 is 1.63 bits per heavy atom. The van der Waals surface area contributed by atoms with Gasteiger partial charge >= 0.3 is 5.97 Å². The number of carbonyl (C=O) groups excluding carboxylic acids is 3. The highest BCUT2D eigenvalue weighted by atomic mass is 35.5. The van der Waals surface area contributed by atoms with Crippen molar-refractivity contribution in [2.45, 2.75) is 39.8 Å². The number of ether oxygens (including phenoxy) is 2. The average Bonchev–Trinajstić information content (AvgIpc) is 2.97. The lowest BCUT2D eigenvalue weighted by atomic mass is 10.1. The summed E-state index contributed by atoms with van der Waals surface area (Å²) in [5, 5.41) is 9.68. The zero-order valence-electron chi connectivity index (χ0n) is 23.3. The van der Waals surface area contributed by atoms with Crippen LogP contribution < -0.4 is 21.7 Å². The normalized spacial score (nSPS) is 11.0. The van der Waals surface area contributed by atoms with Crippen LogP contribution in [0.1, 0.15) is 41.8 Å². The highest BCUT2D eigenvalue weighted by molar-refractivity contribution is 6.39. The Morgan fingerprint density at radius 1 is 0.951 bits per heavy atom. The highest BCUT2D eigenvalue weighted by Crippen LogP contribution is 2.36. The predicted octanol–water partition coefficient (Wildman–Crippen LogP) is 5.35. The summed E-state index contributed by atoms with van der Waals surface area (Å²) in [6.45, 7) is 6.67. The Balaban J connectivity index is 0.000000296. The Hall–Kier alpha value is -3.63. The van der Waals surface area contributed by atoms with Gasteiger partial charge in [-0.15, -0.1) is 0 Å². The fourth-order valence-electron chi connectivity index (χ4n) is 3.47. The van der Waals surface area contributed by atoms with Crippen LogP contribution >= 0.6 is 23.2 Å². The molecule has 0 aliphatic carbocycles. The van der Waals surface area contributed by atoms with Crippen LogP contribution in [0, 0.1) is 6.92 Å². The monoisotopic (exact) mass is 602 g/mol. The maximum Gasteiger partial charge on any atom is 0.342 e. The van der Waals surface area contributed by atoms with Crippen LogP contribution in [0.3, 0.4) is 0 Å². The Morgan fingerprint density at radius 3 is 2.29 bits per heavy atom. The van der Waals surface area contributed by atoms with Crippen molar-refractivity contribution in [1.82, 2.24) is 10.6 Å². The van der Waals surface area contributed by atoms with Gasteiger partial charge in [0.15, 0.2) is 6.79 Å². The number of aryl methyl sites for hydroxylation is 1. The molecule has 3 aromatic carbocycles. The van der Waals surface area contributed by atoms with E-state index in [1.54, 1.807) is 37.3 Å². The molecule has 11 heteroatoms. The van der Waals surface area contributed by atoms with Crippen molar-refractivity contribution in [3.63, 3.8) is 0 Å². The minimum absolute atomic E-state index is 0.0877. The van der Waals surface area contributed by atoms with E-state index in [1.165, 1.54) is 0 Å². The molecule has 0 aromatic heterocycles. The minimum atomic E-state index is -0.587. The molecule has 0 saturated carbocycles. The van der Waals surface area contributed by atoms with Gasteiger partial charge in [0, 0.05) is 13.2 Å². The smallest absolute Gasteiger partial charge is 0.342 e. The van der Waals surface area contributed by atoms with E-state index in [-0.39, 0.29) is 19.2 Å². The topological polar surface area (TPSA) is 132 Å². The number of amides is 2. The average molecular weight is 604 g/mol. The summed E-state index contributed by atoms with van der Waals surface area (Å²) >= 11 is 12.5. The zero-order chi connectivity index (χ0) is 30.2. The van der Waals surface area contributed by atoms with Crippen LogP contribution in [0.5, 0.6) is 0 Å². The third kappa shape index (κ3) is 11.4. The second-order valence-corrected chi connectivity index (χ2v) is 9.57. The molecule has 3 aromatic rings. The fraction of sp³-hybridized carbons (Fsp3) is 0.300. The van der Waals surface area contributed by atoms with E-state index in [0.717, 1.165) is 11.1 Å². The van der Waals surface area contributed by atoms with Gasteiger partial charge in [0.25, 0.3) is 0 Å². The number of rotatable bonds is 13. The van der Waals surface area contributed by atoms with Gasteiger partial charge in [-0.3, -0.25) is 9.59 Å². The summed E-state index contributed by atoms with van der Waals surface area (Å²) in [5.41, 5.74) is 8.62. The third-order valence-electron chi connectivity index (χ3n) is 5.71. The molecular weight excluding hydrogens is 567 g/mol. The van der Waals surface area contributed by atoms with Gasteiger partial charge in [0.2, 0.25) is 11.8 Å². The van der Waals surface area contributed by atoms with E-state index in [9.17, 15) is 14.4 Å². The number of primary amides is 1. The molecule has 3 rings (SSSR count). The molecular formula is C30H36Cl2N4O5. The number of hydrogen-bond donors (Lipinski definition) is 4. The quantitative estimate of drug-likeness (QED) is 0.118. The van der Waals surface area contributed by atoms with Crippen molar-refractivity contribution < 1.29 is 23.9 Å². The summed E-state index contributed by atoms with van der Waals surface area (Å²) in [6.07, 6.45) is 0.500.